The molecule has 1 atom stereocenters. The van der Waals surface area contributed by atoms with Crippen LogP contribution in [-0.4, -0.2) is 31.0 Å². The Bertz CT molecular complexity index is 572. The van der Waals surface area contributed by atoms with Crippen LogP contribution in [0.3, 0.4) is 0 Å². The number of fused-ring (bicyclic) bond motifs is 1. The Labute approximate surface area is 119 Å². The van der Waals surface area contributed by atoms with Gasteiger partial charge in [-0.2, -0.15) is 5.26 Å². The molecule has 0 saturated heterocycles. The largest absolute Gasteiger partial charge is 0.493 e. The fourth-order valence-corrected chi connectivity index (χ4v) is 2.15. The number of ether oxygens (including phenoxy) is 1. The van der Waals surface area contributed by atoms with E-state index in [0.29, 0.717) is 6.54 Å². The predicted molar refractivity (Wildman–Crippen MR) is 77.1 cm³/mol. The number of hydrogen-bond acceptors (Lipinski definition) is 3. The fraction of sp³-hybridized carbons (Fsp3) is 0.375. The van der Waals surface area contributed by atoms with Crippen molar-refractivity contribution in [2.75, 3.05) is 20.2 Å². The number of carbonyl (C=O) groups excluding carboxylic acids is 1. The van der Waals surface area contributed by atoms with Gasteiger partial charge in [0.25, 0.3) is 0 Å². The molecule has 0 aromatic heterocycles. The molecule has 2 rings (SSSR count). The predicted octanol–water partition coefficient (Wildman–Crippen LogP) is 2.25. The topological polar surface area (TPSA) is 53.3 Å². The third-order valence-corrected chi connectivity index (χ3v) is 3.28. The Morgan fingerprint density at radius 1 is 1.60 bits per heavy atom. The lowest BCUT2D eigenvalue weighted by Gasteiger charge is -2.15. The average molecular weight is 270 g/mol. The second-order valence-corrected chi connectivity index (χ2v) is 5.05. The SMILES string of the molecule is C[C@H](C#N)CN(C)C(=O)/C=C/c1ccc2c(c1)CCO2. The molecule has 1 aliphatic rings. The normalized spacial score (nSPS) is 14.4. The standard InChI is InChI=1S/C16H18N2O2/c1-12(10-17)11-18(2)16(19)6-4-13-3-5-15-14(9-13)7-8-20-15/h3-6,9,12H,7-8,11H2,1-2H3/b6-4+/t12-/m1/s1. The van der Waals surface area contributed by atoms with Crippen molar-refractivity contribution in [1.29, 1.82) is 5.26 Å². The Hall–Kier alpha value is -2.28. The molecule has 4 heteroatoms. The first-order valence-electron chi connectivity index (χ1n) is 6.68. The van der Waals surface area contributed by atoms with Gasteiger partial charge in [0, 0.05) is 26.1 Å². The molecule has 0 bridgehead atoms. The number of rotatable bonds is 4. The summed E-state index contributed by atoms with van der Waals surface area (Å²) >= 11 is 0. The van der Waals surface area contributed by atoms with Gasteiger partial charge in [-0.3, -0.25) is 4.79 Å². The van der Waals surface area contributed by atoms with Crippen molar-refractivity contribution < 1.29 is 9.53 Å². The number of hydrogen-bond donors (Lipinski definition) is 0. The molecule has 0 fully saturated rings. The van der Waals surface area contributed by atoms with Gasteiger partial charge in [-0.1, -0.05) is 6.07 Å². The summed E-state index contributed by atoms with van der Waals surface area (Å²) in [4.78, 5) is 13.5. The smallest absolute Gasteiger partial charge is 0.246 e. The lowest BCUT2D eigenvalue weighted by molar-refractivity contribution is -0.125. The summed E-state index contributed by atoms with van der Waals surface area (Å²) in [7, 11) is 1.71. The minimum Gasteiger partial charge on any atom is -0.493 e. The molecule has 0 spiro atoms. The van der Waals surface area contributed by atoms with Crippen LogP contribution in [0.2, 0.25) is 0 Å². The Kier molecular flexibility index (Phi) is 4.41. The Balaban J connectivity index is 1.99. The van der Waals surface area contributed by atoms with E-state index in [9.17, 15) is 4.79 Å². The lowest BCUT2D eigenvalue weighted by Crippen LogP contribution is -2.29. The first-order chi connectivity index (χ1) is 9.60. The summed E-state index contributed by atoms with van der Waals surface area (Å²) in [6.07, 6.45) is 4.26. The van der Waals surface area contributed by atoms with Gasteiger partial charge in [-0.05, 0) is 36.3 Å². The number of nitriles is 1. The van der Waals surface area contributed by atoms with E-state index >= 15 is 0 Å². The van der Waals surface area contributed by atoms with Crippen LogP contribution >= 0.6 is 0 Å². The van der Waals surface area contributed by atoms with E-state index in [2.05, 4.69) is 6.07 Å². The van der Waals surface area contributed by atoms with Crippen molar-refractivity contribution in [3.63, 3.8) is 0 Å². The van der Waals surface area contributed by atoms with Crippen LogP contribution < -0.4 is 4.74 Å². The van der Waals surface area contributed by atoms with Gasteiger partial charge in [-0.15, -0.1) is 0 Å². The van der Waals surface area contributed by atoms with Crippen molar-refractivity contribution >= 4 is 12.0 Å². The number of amides is 1. The molecule has 1 aromatic rings. The van der Waals surface area contributed by atoms with Gasteiger partial charge in [0.2, 0.25) is 5.91 Å². The zero-order valence-corrected chi connectivity index (χ0v) is 11.8. The van der Waals surface area contributed by atoms with E-state index in [0.717, 1.165) is 24.3 Å². The van der Waals surface area contributed by atoms with Crippen molar-refractivity contribution in [3.8, 4) is 11.8 Å². The minimum atomic E-state index is -0.158. The van der Waals surface area contributed by atoms with Crippen LogP contribution in [0.5, 0.6) is 5.75 Å². The number of carbonyl (C=O) groups is 1. The Morgan fingerprint density at radius 2 is 2.40 bits per heavy atom. The summed E-state index contributed by atoms with van der Waals surface area (Å²) in [6.45, 7) is 2.97. The number of nitrogens with zero attached hydrogens (tertiary/aromatic N) is 2. The van der Waals surface area contributed by atoms with E-state index in [4.69, 9.17) is 10.00 Å². The van der Waals surface area contributed by atoms with Crippen LogP contribution in [0.1, 0.15) is 18.1 Å². The summed E-state index contributed by atoms with van der Waals surface area (Å²) < 4.78 is 5.44. The van der Waals surface area contributed by atoms with Gasteiger partial charge in [0.05, 0.1) is 18.6 Å². The highest BCUT2D eigenvalue weighted by Gasteiger charge is 2.12. The van der Waals surface area contributed by atoms with Crippen LogP contribution in [0.15, 0.2) is 24.3 Å². The second-order valence-electron chi connectivity index (χ2n) is 5.05. The molecule has 1 amide bonds. The maximum atomic E-state index is 11.9. The number of likely N-dealkylation sites (N-methyl/N-ethyl adjacent to an activating group) is 1. The minimum absolute atomic E-state index is 0.0937. The lowest BCUT2D eigenvalue weighted by atomic mass is 10.1. The molecule has 0 N–H and O–H groups in total. The fourth-order valence-electron chi connectivity index (χ4n) is 2.15. The molecule has 0 unspecified atom stereocenters. The quantitative estimate of drug-likeness (QED) is 0.788. The van der Waals surface area contributed by atoms with Crippen molar-refractivity contribution in [2.24, 2.45) is 5.92 Å². The molecular weight excluding hydrogens is 252 g/mol. The zero-order valence-electron chi connectivity index (χ0n) is 11.8. The maximum Gasteiger partial charge on any atom is 0.246 e. The molecule has 0 aliphatic carbocycles. The van der Waals surface area contributed by atoms with Crippen molar-refractivity contribution in [2.45, 2.75) is 13.3 Å². The molecule has 1 aromatic carbocycles. The van der Waals surface area contributed by atoms with E-state index < -0.39 is 0 Å². The van der Waals surface area contributed by atoms with Crippen LogP contribution in [0, 0.1) is 17.2 Å². The third-order valence-electron chi connectivity index (χ3n) is 3.28. The van der Waals surface area contributed by atoms with E-state index in [1.165, 1.54) is 5.56 Å². The highest BCUT2D eigenvalue weighted by atomic mass is 16.5. The second kappa shape index (κ2) is 6.25. The third kappa shape index (κ3) is 3.39. The van der Waals surface area contributed by atoms with Crippen LogP contribution in [-0.2, 0) is 11.2 Å². The first kappa shape index (κ1) is 14.1. The Morgan fingerprint density at radius 3 is 3.15 bits per heavy atom. The van der Waals surface area contributed by atoms with Crippen LogP contribution in [0.4, 0.5) is 0 Å². The van der Waals surface area contributed by atoms with E-state index in [-0.39, 0.29) is 11.8 Å². The molecule has 20 heavy (non-hydrogen) atoms. The molecule has 104 valence electrons. The van der Waals surface area contributed by atoms with Gasteiger partial charge in [0.15, 0.2) is 0 Å². The van der Waals surface area contributed by atoms with E-state index in [1.807, 2.05) is 18.2 Å². The molecule has 0 radical (unpaired) electrons. The maximum absolute atomic E-state index is 11.9. The average Bonchev–Trinajstić information content (AvgIpc) is 2.91. The van der Waals surface area contributed by atoms with Gasteiger partial charge in [0.1, 0.15) is 5.75 Å². The summed E-state index contributed by atoms with van der Waals surface area (Å²) in [5, 5.41) is 8.75. The summed E-state index contributed by atoms with van der Waals surface area (Å²) in [5.74, 6) is 0.687. The molecular formula is C16H18N2O2. The number of benzene rings is 1. The van der Waals surface area contributed by atoms with Crippen molar-refractivity contribution in [1.82, 2.24) is 4.90 Å². The molecule has 0 saturated carbocycles. The highest BCUT2D eigenvalue weighted by molar-refractivity contribution is 5.91. The zero-order chi connectivity index (χ0) is 14.5. The highest BCUT2D eigenvalue weighted by Crippen LogP contribution is 2.26. The summed E-state index contributed by atoms with van der Waals surface area (Å²) in [6, 6.07) is 8.04. The van der Waals surface area contributed by atoms with Gasteiger partial charge >= 0.3 is 0 Å². The van der Waals surface area contributed by atoms with Gasteiger partial charge < -0.3 is 9.64 Å². The van der Waals surface area contributed by atoms with Crippen LogP contribution in [0.25, 0.3) is 6.08 Å². The van der Waals surface area contributed by atoms with Crippen molar-refractivity contribution in [3.05, 3.63) is 35.4 Å². The molecule has 1 aliphatic heterocycles. The monoisotopic (exact) mass is 270 g/mol. The first-order valence-corrected chi connectivity index (χ1v) is 6.68. The molecule has 4 nitrogen and oxygen atoms in total. The van der Waals surface area contributed by atoms with Gasteiger partial charge in [-0.25, -0.2) is 0 Å². The van der Waals surface area contributed by atoms with E-state index in [1.54, 1.807) is 31.0 Å². The summed E-state index contributed by atoms with van der Waals surface area (Å²) in [5.41, 5.74) is 2.18. The molecule has 1 heterocycles.